The minimum atomic E-state index is -9.77. The van der Waals surface area contributed by atoms with Crippen LogP contribution in [0.3, 0.4) is 0 Å². The van der Waals surface area contributed by atoms with Gasteiger partial charge in [0.05, 0.1) is 18.0 Å². The zero-order valence-corrected chi connectivity index (χ0v) is 17.5. The highest BCUT2D eigenvalue weighted by molar-refractivity contribution is 8.45. The topological polar surface area (TPSA) is 70.2 Å². The van der Waals surface area contributed by atoms with Crippen molar-refractivity contribution in [1.29, 1.82) is 0 Å². The maximum atomic E-state index is 12.9. The zero-order valence-electron chi connectivity index (χ0n) is 16.7. The molecule has 3 N–H and O–H groups in total. The van der Waals surface area contributed by atoms with Gasteiger partial charge in [0.2, 0.25) is 11.8 Å². The SMILES string of the molecule is CC(C)(NC(=O)C1CC(=O)NC(c2ccccc2)N1)c1ccc(S(F)(F)(F)(F)F)cc1. The van der Waals surface area contributed by atoms with Crippen LogP contribution in [0.15, 0.2) is 59.5 Å². The lowest BCUT2D eigenvalue weighted by Gasteiger charge is -2.41. The quantitative estimate of drug-likeness (QED) is 0.554. The van der Waals surface area contributed by atoms with E-state index in [0.29, 0.717) is 12.1 Å². The van der Waals surface area contributed by atoms with E-state index in [9.17, 15) is 29.0 Å². The molecule has 2 aromatic rings. The zero-order chi connectivity index (χ0) is 23.1. The molecule has 0 aromatic heterocycles. The molecular weight excluding hydrogens is 441 g/mol. The minimum absolute atomic E-state index is 0.131. The van der Waals surface area contributed by atoms with E-state index in [0.717, 1.165) is 17.7 Å². The van der Waals surface area contributed by atoms with Crippen molar-refractivity contribution in [3.8, 4) is 0 Å². The fourth-order valence-electron chi connectivity index (χ4n) is 3.30. The molecule has 5 nitrogen and oxygen atoms in total. The van der Waals surface area contributed by atoms with Crippen molar-refractivity contribution in [1.82, 2.24) is 16.0 Å². The second-order valence-corrected chi connectivity index (χ2v) is 10.4. The summed E-state index contributed by atoms with van der Waals surface area (Å²) in [5.41, 5.74) is -0.226. The third-order valence-corrected chi connectivity index (χ3v) is 6.13. The van der Waals surface area contributed by atoms with Crippen LogP contribution in [-0.2, 0) is 15.1 Å². The van der Waals surface area contributed by atoms with E-state index >= 15 is 0 Å². The Bertz CT molecular complexity index is 996. The lowest BCUT2D eigenvalue weighted by atomic mass is 9.93. The molecule has 1 saturated heterocycles. The van der Waals surface area contributed by atoms with E-state index in [2.05, 4.69) is 16.0 Å². The fraction of sp³-hybridized carbons (Fsp3) is 0.300. The summed E-state index contributed by atoms with van der Waals surface area (Å²) in [5.74, 6) is -0.886. The number of carbonyl (C=O) groups is 2. The summed E-state index contributed by atoms with van der Waals surface area (Å²) in [5, 5.41) is 8.43. The largest absolute Gasteiger partial charge is 0.346 e. The molecule has 170 valence electrons. The van der Waals surface area contributed by atoms with Crippen molar-refractivity contribution < 1.29 is 29.0 Å². The first-order valence-corrected chi connectivity index (χ1v) is 11.3. The number of benzene rings is 2. The lowest BCUT2D eigenvalue weighted by molar-refractivity contribution is -0.132. The lowest BCUT2D eigenvalue weighted by Crippen LogP contribution is -2.58. The number of rotatable bonds is 5. The fourth-order valence-corrected chi connectivity index (χ4v) is 3.95. The number of hydrogen-bond donors (Lipinski definition) is 3. The Kier molecular flexibility index (Phi) is 5.14. The van der Waals surface area contributed by atoms with Crippen LogP contribution < -0.4 is 16.0 Å². The number of hydrogen-bond acceptors (Lipinski definition) is 3. The second kappa shape index (κ2) is 6.92. The van der Waals surface area contributed by atoms with Gasteiger partial charge in [-0.15, -0.1) is 0 Å². The van der Waals surface area contributed by atoms with Crippen molar-refractivity contribution in [3.05, 3.63) is 65.7 Å². The van der Waals surface area contributed by atoms with E-state index in [1.165, 1.54) is 13.8 Å². The van der Waals surface area contributed by atoms with Crippen LogP contribution in [0.5, 0.6) is 0 Å². The van der Waals surface area contributed by atoms with E-state index in [1.807, 2.05) is 6.07 Å². The van der Waals surface area contributed by atoms with Gasteiger partial charge in [-0.1, -0.05) is 61.9 Å². The van der Waals surface area contributed by atoms with Crippen molar-refractivity contribution >= 4 is 22.0 Å². The number of amides is 2. The molecule has 0 aliphatic carbocycles. The van der Waals surface area contributed by atoms with Gasteiger partial charge in [0.15, 0.2) is 0 Å². The third-order valence-electron chi connectivity index (χ3n) is 4.97. The molecule has 2 aromatic carbocycles. The molecule has 3 rings (SSSR count). The van der Waals surface area contributed by atoms with Crippen molar-refractivity contribution in [2.24, 2.45) is 0 Å². The van der Waals surface area contributed by atoms with E-state index < -0.39 is 38.8 Å². The first kappa shape index (κ1) is 23.0. The summed E-state index contributed by atoms with van der Waals surface area (Å²) >= 11 is 0. The van der Waals surface area contributed by atoms with Crippen LogP contribution in [0.25, 0.3) is 0 Å². The number of nitrogens with one attached hydrogen (secondary N) is 3. The van der Waals surface area contributed by atoms with E-state index in [-0.39, 0.29) is 17.9 Å². The van der Waals surface area contributed by atoms with E-state index in [1.54, 1.807) is 24.3 Å². The first-order valence-electron chi connectivity index (χ1n) is 9.32. The van der Waals surface area contributed by atoms with Gasteiger partial charge in [0.1, 0.15) is 11.1 Å². The smallest absolute Gasteiger partial charge is 0.310 e. The first-order chi connectivity index (χ1) is 14.0. The molecule has 31 heavy (non-hydrogen) atoms. The Hall–Kier alpha value is -2.66. The molecule has 11 heteroatoms. The van der Waals surface area contributed by atoms with Gasteiger partial charge in [0, 0.05) is 0 Å². The monoisotopic (exact) mass is 463 g/mol. The number of carbonyl (C=O) groups excluding carboxylic acids is 2. The van der Waals surface area contributed by atoms with Gasteiger partial charge in [-0.3, -0.25) is 14.9 Å². The maximum absolute atomic E-state index is 12.9. The van der Waals surface area contributed by atoms with Crippen LogP contribution >= 0.6 is 10.2 Å². The summed E-state index contributed by atoms with van der Waals surface area (Å²) in [6.45, 7) is 3.05. The van der Waals surface area contributed by atoms with E-state index in [4.69, 9.17) is 0 Å². The molecule has 2 unspecified atom stereocenters. The van der Waals surface area contributed by atoms with Crippen molar-refractivity contribution in [3.63, 3.8) is 0 Å². The summed E-state index contributed by atoms with van der Waals surface area (Å²) in [7, 11) is -9.77. The van der Waals surface area contributed by atoms with Crippen molar-refractivity contribution in [2.75, 3.05) is 0 Å². The predicted molar refractivity (Wildman–Crippen MR) is 108 cm³/mol. The molecule has 1 fully saturated rings. The highest BCUT2D eigenvalue weighted by atomic mass is 32.5. The van der Waals surface area contributed by atoms with Gasteiger partial charge in [0.25, 0.3) is 0 Å². The molecule has 0 spiro atoms. The van der Waals surface area contributed by atoms with Crippen molar-refractivity contribution in [2.45, 2.75) is 42.9 Å². The number of halogens is 5. The molecule has 0 bridgehead atoms. The Morgan fingerprint density at radius 1 is 1.00 bits per heavy atom. The molecule has 1 heterocycles. The predicted octanol–water partition coefficient (Wildman–Crippen LogP) is 4.87. The molecular formula is C20H22F5N3O2S. The highest BCUT2D eigenvalue weighted by Crippen LogP contribution is 3.02. The Morgan fingerprint density at radius 2 is 1.58 bits per heavy atom. The minimum Gasteiger partial charge on any atom is -0.346 e. The standard InChI is InChI=1S/C20H22F5N3O2S/c1-20(2,14-8-10-15(11-9-14)31(21,22,23,24)25)28-19(30)16-12-17(29)27-18(26-16)13-6-4-3-5-7-13/h3-11,16,18,26H,12H2,1-2H3,(H,27,29)(H,28,30). The van der Waals surface area contributed by atoms with Crippen LogP contribution in [0.2, 0.25) is 0 Å². The van der Waals surface area contributed by atoms with Crippen LogP contribution in [-0.4, -0.2) is 17.9 Å². The van der Waals surface area contributed by atoms with Crippen LogP contribution in [0, 0.1) is 0 Å². The average Bonchev–Trinajstić information content (AvgIpc) is 2.66. The third kappa shape index (κ3) is 5.53. The Morgan fingerprint density at radius 3 is 2.13 bits per heavy atom. The average molecular weight is 463 g/mol. The summed E-state index contributed by atoms with van der Waals surface area (Å²) in [6, 6.07) is 10.5. The van der Waals surface area contributed by atoms with Gasteiger partial charge >= 0.3 is 10.2 Å². The van der Waals surface area contributed by atoms with Gasteiger partial charge in [-0.2, -0.15) is 0 Å². The normalized spacial score (nSPS) is 22.1. The molecule has 1 aliphatic heterocycles. The molecule has 2 atom stereocenters. The summed E-state index contributed by atoms with van der Waals surface area (Å²) in [4.78, 5) is 22.9. The highest BCUT2D eigenvalue weighted by Gasteiger charge is 2.65. The second-order valence-electron chi connectivity index (χ2n) is 7.94. The summed E-state index contributed by atoms with van der Waals surface area (Å²) < 4.78 is 64.6. The molecule has 0 saturated carbocycles. The van der Waals surface area contributed by atoms with Gasteiger partial charge in [-0.05, 0) is 37.1 Å². The molecule has 1 aliphatic rings. The maximum Gasteiger partial charge on any atom is 0.310 e. The summed E-state index contributed by atoms with van der Waals surface area (Å²) in [6.07, 6.45) is -0.716. The Balaban J connectivity index is 1.75. The molecule has 0 radical (unpaired) electrons. The van der Waals surface area contributed by atoms with Crippen LogP contribution in [0.1, 0.15) is 37.6 Å². The molecule has 2 amide bonds. The Labute approximate surface area is 176 Å². The van der Waals surface area contributed by atoms with Gasteiger partial charge in [-0.25, -0.2) is 0 Å². The van der Waals surface area contributed by atoms with Gasteiger partial charge < -0.3 is 10.6 Å². The van der Waals surface area contributed by atoms with Crippen LogP contribution in [0.4, 0.5) is 19.4 Å².